The zero-order chi connectivity index (χ0) is 6.97. The van der Waals surface area contributed by atoms with Gasteiger partial charge in [-0.25, -0.2) is 4.98 Å². The van der Waals surface area contributed by atoms with E-state index in [1.165, 1.54) is 10.6 Å². The van der Waals surface area contributed by atoms with Crippen molar-refractivity contribution in [1.82, 2.24) is 4.98 Å². The SMILES string of the molecule is [2H]C1CCCc2ncsc21. The van der Waals surface area contributed by atoms with E-state index in [2.05, 4.69) is 4.98 Å². The van der Waals surface area contributed by atoms with Gasteiger partial charge in [0.25, 0.3) is 0 Å². The summed E-state index contributed by atoms with van der Waals surface area (Å²) in [4.78, 5) is 5.41. The zero-order valence-electron chi connectivity index (χ0n) is 6.13. The first kappa shape index (κ1) is 4.45. The molecule has 1 atom stereocenters. The lowest BCUT2D eigenvalue weighted by atomic mass is 10.0. The van der Waals surface area contributed by atoms with Gasteiger partial charge < -0.3 is 0 Å². The van der Waals surface area contributed by atoms with E-state index in [9.17, 15) is 0 Å². The molecule has 48 valence electrons. The predicted molar refractivity (Wildman–Crippen MR) is 38.8 cm³/mol. The molecule has 1 heterocycles. The summed E-state index contributed by atoms with van der Waals surface area (Å²) in [6, 6.07) is 0. The summed E-state index contributed by atoms with van der Waals surface area (Å²) in [5.41, 5.74) is 3.04. The van der Waals surface area contributed by atoms with Crippen LogP contribution >= 0.6 is 11.3 Å². The molecule has 0 aromatic carbocycles. The minimum Gasteiger partial charge on any atom is -0.249 e. The summed E-state index contributed by atoms with van der Waals surface area (Å²) >= 11 is 1.63. The van der Waals surface area contributed by atoms with Gasteiger partial charge in [-0.05, 0) is 25.7 Å². The van der Waals surface area contributed by atoms with Crippen LogP contribution in [0.15, 0.2) is 5.51 Å². The largest absolute Gasteiger partial charge is 0.249 e. The highest BCUT2D eigenvalue weighted by molar-refractivity contribution is 7.09. The van der Waals surface area contributed by atoms with Crippen molar-refractivity contribution in [3.05, 3.63) is 16.1 Å². The quantitative estimate of drug-likeness (QED) is 0.537. The summed E-state index contributed by atoms with van der Waals surface area (Å²) in [6.45, 7) is 0. The van der Waals surface area contributed by atoms with Gasteiger partial charge in [0.15, 0.2) is 0 Å². The minimum atomic E-state index is 0.0243. The summed E-state index contributed by atoms with van der Waals surface area (Å²) in [7, 11) is 0. The van der Waals surface area contributed by atoms with Gasteiger partial charge in [0, 0.05) is 6.25 Å². The number of hydrogen-bond donors (Lipinski definition) is 0. The van der Waals surface area contributed by atoms with Gasteiger partial charge in [0.1, 0.15) is 0 Å². The average Bonchev–Trinajstić information content (AvgIpc) is 2.36. The summed E-state index contributed by atoms with van der Waals surface area (Å²) < 4.78 is 7.64. The molecule has 0 amide bonds. The second-order valence-corrected chi connectivity index (χ2v) is 3.15. The predicted octanol–water partition coefficient (Wildman–Crippen LogP) is 2.02. The Hall–Kier alpha value is -0.370. The van der Waals surface area contributed by atoms with E-state index in [1.807, 2.05) is 5.51 Å². The Morgan fingerprint density at radius 3 is 3.56 bits per heavy atom. The molecule has 0 aliphatic heterocycles. The van der Waals surface area contributed by atoms with Crippen molar-refractivity contribution in [3.8, 4) is 0 Å². The number of fused-ring (bicyclic) bond motifs is 1. The monoisotopic (exact) mass is 140 g/mol. The molecule has 0 fully saturated rings. The van der Waals surface area contributed by atoms with Gasteiger partial charge in [-0.15, -0.1) is 11.3 Å². The van der Waals surface area contributed by atoms with Gasteiger partial charge in [0.05, 0.1) is 11.2 Å². The number of aromatic nitrogens is 1. The van der Waals surface area contributed by atoms with Crippen LogP contribution in [0.4, 0.5) is 0 Å². The Morgan fingerprint density at radius 2 is 2.67 bits per heavy atom. The standard InChI is InChI=1S/C7H9NS/c1-2-4-7-6(3-1)8-5-9-7/h5H,1-4H2/i4D. The number of hydrogen-bond acceptors (Lipinski definition) is 2. The van der Waals surface area contributed by atoms with Crippen LogP contribution in [-0.4, -0.2) is 4.98 Å². The fourth-order valence-corrected chi connectivity index (χ4v) is 1.93. The lowest BCUT2D eigenvalue weighted by molar-refractivity contribution is 0.682. The fraction of sp³-hybridized carbons (Fsp3) is 0.571. The van der Waals surface area contributed by atoms with E-state index >= 15 is 0 Å². The van der Waals surface area contributed by atoms with Crippen LogP contribution in [0.25, 0.3) is 0 Å². The molecule has 9 heavy (non-hydrogen) atoms. The molecule has 2 heteroatoms. The van der Waals surface area contributed by atoms with Crippen LogP contribution in [0.3, 0.4) is 0 Å². The van der Waals surface area contributed by atoms with E-state index in [0.29, 0.717) is 0 Å². The molecule has 0 N–H and O–H groups in total. The van der Waals surface area contributed by atoms with E-state index in [0.717, 1.165) is 19.3 Å². The summed E-state index contributed by atoms with van der Waals surface area (Å²) in [5, 5.41) is 0. The van der Waals surface area contributed by atoms with Gasteiger partial charge in [0.2, 0.25) is 0 Å². The third-order valence-electron chi connectivity index (χ3n) is 1.62. The van der Waals surface area contributed by atoms with Crippen molar-refractivity contribution in [2.75, 3.05) is 0 Å². The van der Waals surface area contributed by atoms with Crippen molar-refractivity contribution in [2.45, 2.75) is 25.7 Å². The summed E-state index contributed by atoms with van der Waals surface area (Å²) in [5.74, 6) is 0. The Morgan fingerprint density at radius 1 is 1.67 bits per heavy atom. The van der Waals surface area contributed by atoms with Crippen LogP contribution < -0.4 is 0 Å². The smallest absolute Gasteiger partial charge is 0.0797 e. The zero-order valence-corrected chi connectivity index (χ0v) is 5.95. The molecule has 0 saturated carbocycles. The highest BCUT2D eigenvalue weighted by Crippen LogP contribution is 2.22. The fourth-order valence-electron chi connectivity index (χ4n) is 1.13. The first-order chi connectivity index (χ1) is 4.88. The Balaban J connectivity index is 2.41. The Kier molecular flexibility index (Phi) is 1.04. The summed E-state index contributed by atoms with van der Waals surface area (Å²) in [6.07, 6.45) is 3.28. The van der Waals surface area contributed by atoms with Crippen LogP contribution in [0, 0.1) is 0 Å². The lowest BCUT2D eigenvalue weighted by Gasteiger charge is -2.06. The number of thiazole rings is 1. The Labute approximate surface area is 60.2 Å². The molecular weight excluding hydrogens is 130 g/mol. The van der Waals surface area contributed by atoms with Gasteiger partial charge >= 0.3 is 0 Å². The average molecular weight is 140 g/mol. The molecule has 0 saturated heterocycles. The maximum absolute atomic E-state index is 7.64. The molecule has 1 aromatic heterocycles. The normalized spacial score (nSPS) is 27.1. The molecule has 0 spiro atoms. The lowest BCUT2D eigenvalue weighted by Crippen LogP contribution is -1.98. The number of aryl methyl sites for hydroxylation is 2. The van der Waals surface area contributed by atoms with Crippen molar-refractivity contribution < 1.29 is 1.37 Å². The van der Waals surface area contributed by atoms with Crippen molar-refractivity contribution in [3.63, 3.8) is 0 Å². The minimum absolute atomic E-state index is 0.0243. The molecule has 1 unspecified atom stereocenters. The van der Waals surface area contributed by atoms with Crippen LogP contribution in [0.2, 0.25) is 0 Å². The van der Waals surface area contributed by atoms with Gasteiger partial charge in [-0.1, -0.05) is 0 Å². The van der Waals surface area contributed by atoms with E-state index in [-0.39, 0.29) is 6.40 Å². The molecule has 1 aliphatic rings. The topological polar surface area (TPSA) is 12.9 Å². The molecule has 1 aliphatic carbocycles. The Bertz CT molecular complexity index is 233. The third kappa shape index (κ3) is 0.874. The second kappa shape index (κ2) is 2.10. The molecule has 0 bridgehead atoms. The highest BCUT2D eigenvalue weighted by atomic mass is 32.1. The van der Waals surface area contributed by atoms with Crippen molar-refractivity contribution >= 4 is 11.3 Å². The van der Waals surface area contributed by atoms with E-state index in [1.54, 1.807) is 11.3 Å². The molecule has 0 radical (unpaired) electrons. The second-order valence-electron chi connectivity index (χ2n) is 2.26. The van der Waals surface area contributed by atoms with Crippen LogP contribution in [0.1, 0.15) is 24.8 Å². The number of rotatable bonds is 0. The maximum atomic E-state index is 7.64. The molecular formula is C7H9NS. The first-order valence-electron chi connectivity index (χ1n) is 3.80. The van der Waals surface area contributed by atoms with Gasteiger partial charge in [-0.3, -0.25) is 0 Å². The van der Waals surface area contributed by atoms with Crippen molar-refractivity contribution in [2.24, 2.45) is 0 Å². The van der Waals surface area contributed by atoms with Gasteiger partial charge in [-0.2, -0.15) is 0 Å². The molecule has 1 aromatic rings. The number of nitrogens with zero attached hydrogens (tertiary/aromatic N) is 1. The van der Waals surface area contributed by atoms with E-state index < -0.39 is 0 Å². The highest BCUT2D eigenvalue weighted by Gasteiger charge is 2.09. The first-order valence-corrected chi connectivity index (χ1v) is 4.10. The maximum Gasteiger partial charge on any atom is 0.0797 e. The molecule has 2 rings (SSSR count). The third-order valence-corrected chi connectivity index (χ3v) is 2.49. The van der Waals surface area contributed by atoms with E-state index in [4.69, 9.17) is 1.37 Å². The van der Waals surface area contributed by atoms with Crippen LogP contribution in [0.5, 0.6) is 0 Å². The molecule has 1 nitrogen and oxygen atoms in total. The van der Waals surface area contributed by atoms with Crippen molar-refractivity contribution in [1.29, 1.82) is 0 Å². The van der Waals surface area contributed by atoms with Crippen LogP contribution in [-0.2, 0) is 12.8 Å².